The van der Waals surface area contributed by atoms with Crippen molar-refractivity contribution in [1.29, 1.82) is 0 Å². The molecular formula is C19H43N3. The molecule has 0 spiro atoms. The number of hydrogen-bond donors (Lipinski definition) is 1. The first-order chi connectivity index (χ1) is 10.7. The van der Waals surface area contributed by atoms with Crippen molar-refractivity contribution in [3.8, 4) is 0 Å². The zero-order chi connectivity index (χ0) is 16.8. The Kier molecular flexibility index (Phi) is 14.4. The fourth-order valence-corrected chi connectivity index (χ4v) is 3.11. The minimum atomic E-state index is 0.710. The van der Waals surface area contributed by atoms with Gasteiger partial charge >= 0.3 is 0 Å². The minimum Gasteiger partial charge on any atom is -0.313 e. The van der Waals surface area contributed by atoms with E-state index in [0.717, 1.165) is 6.04 Å². The quantitative estimate of drug-likeness (QED) is 0.850. The zero-order valence-electron chi connectivity index (χ0n) is 16.3. The van der Waals surface area contributed by atoms with Crippen LogP contribution in [-0.2, 0) is 0 Å². The van der Waals surface area contributed by atoms with Gasteiger partial charge in [0.15, 0.2) is 0 Å². The SMILES string of the molecule is CC.CC1CCN(C2CCN(C)CC2)CCN1.CCCCC. The van der Waals surface area contributed by atoms with Crippen LogP contribution in [0.2, 0.25) is 0 Å². The summed E-state index contributed by atoms with van der Waals surface area (Å²) in [5.74, 6) is 0. The molecule has 0 radical (unpaired) electrons. The van der Waals surface area contributed by atoms with E-state index in [9.17, 15) is 0 Å². The van der Waals surface area contributed by atoms with Crippen LogP contribution in [0, 0.1) is 0 Å². The van der Waals surface area contributed by atoms with E-state index in [4.69, 9.17) is 0 Å². The predicted molar refractivity (Wildman–Crippen MR) is 101 cm³/mol. The molecule has 0 aromatic rings. The Hall–Kier alpha value is -0.120. The second kappa shape index (κ2) is 14.5. The Balaban J connectivity index is 0.000000540. The van der Waals surface area contributed by atoms with Crippen LogP contribution < -0.4 is 5.32 Å². The van der Waals surface area contributed by atoms with Crippen LogP contribution in [0.3, 0.4) is 0 Å². The molecule has 0 aromatic carbocycles. The molecule has 0 aliphatic carbocycles. The van der Waals surface area contributed by atoms with Crippen molar-refractivity contribution in [2.24, 2.45) is 0 Å². The number of likely N-dealkylation sites (tertiary alicyclic amines) is 1. The molecule has 1 N–H and O–H groups in total. The lowest BCUT2D eigenvalue weighted by Crippen LogP contribution is -2.44. The van der Waals surface area contributed by atoms with Crippen molar-refractivity contribution in [1.82, 2.24) is 15.1 Å². The number of nitrogens with one attached hydrogen (secondary N) is 1. The predicted octanol–water partition coefficient (Wildman–Crippen LogP) is 3.99. The van der Waals surface area contributed by atoms with E-state index in [1.807, 2.05) is 13.8 Å². The van der Waals surface area contributed by atoms with Gasteiger partial charge in [-0.05, 0) is 52.9 Å². The third-order valence-corrected chi connectivity index (χ3v) is 4.65. The van der Waals surface area contributed by atoms with E-state index in [1.165, 1.54) is 71.2 Å². The highest BCUT2D eigenvalue weighted by Gasteiger charge is 2.24. The minimum absolute atomic E-state index is 0.710. The van der Waals surface area contributed by atoms with Crippen molar-refractivity contribution < 1.29 is 0 Å². The van der Waals surface area contributed by atoms with Gasteiger partial charge in [-0.2, -0.15) is 0 Å². The molecule has 1 unspecified atom stereocenters. The maximum atomic E-state index is 3.57. The molecule has 0 saturated carbocycles. The molecule has 3 nitrogen and oxygen atoms in total. The summed E-state index contributed by atoms with van der Waals surface area (Å²) >= 11 is 0. The summed E-state index contributed by atoms with van der Waals surface area (Å²) < 4.78 is 0. The molecule has 0 bridgehead atoms. The highest BCUT2D eigenvalue weighted by atomic mass is 15.2. The summed E-state index contributed by atoms with van der Waals surface area (Å²) in [5.41, 5.74) is 0. The Morgan fingerprint density at radius 2 is 1.50 bits per heavy atom. The Bertz CT molecular complexity index is 223. The van der Waals surface area contributed by atoms with Gasteiger partial charge < -0.3 is 10.2 Å². The van der Waals surface area contributed by atoms with E-state index in [1.54, 1.807) is 0 Å². The first kappa shape index (κ1) is 21.9. The van der Waals surface area contributed by atoms with Gasteiger partial charge in [0.1, 0.15) is 0 Å². The van der Waals surface area contributed by atoms with Gasteiger partial charge in [-0.1, -0.05) is 47.0 Å². The Morgan fingerprint density at radius 1 is 0.909 bits per heavy atom. The summed E-state index contributed by atoms with van der Waals surface area (Å²) in [5, 5.41) is 3.57. The molecule has 2 aliphatic rings. The third kappa shape index (κ3) is 9.81. The smallest absolute Gasteiger partial charge is 0.0120 e. The van der Waals surface area contributed by atoms with Crippen molar-refractivity contribution in [3.63, 3.8) is 0 Å². The molecule has 2 saturated heterocycles. The van der Waals surface area contributed by atoms with Crippen LogP contribution in [0.15, 0.2) is 0 Å². The molecule has 0 aromatic heterocycles. The average Bonchev–Trinajstić information content (AvgIpc) is 2.76. The van der Waals surface area contributed by atoms with Crippen molar-refractivity contribution in [2.75, 3.05) is 39.8 Å². The molecule has 1 atom stereocenters. The molecule has 3 heteroatoms. The zero-order valence-corrected chi connectivity index (χ0v) is 16.3. The van der Waals surface area contributed by atoms with Crippen molar-refractivity contribution in [3.05, 3.63) is 0 Å². The first-order valence-electron chi connectivity index (χ1n) is 9.83. The van der Waals surface area contributed by atoms with Gasteiger partial charge in [0.2, 0.25) is 0 Å². The van der Waals surface area contributed by atoms with E-state index < -0.39 is 0 Å². The van der Waals surface area contributed by atoms with Gasteiger partial charge in [-0.15, -0.1) is 0 Å². The summed E-state index contributed by atoms with van der Waals surface area (Å²) in [4.78, 5) is 5.17. The number of unbranched alkanes of at least 4 members (excludes halogenated alkanes) is 2. The molecule has 2 rings (SSSR count). The molecule has 0 amide bonds. The maximum Gasteiger partial charge on any atom is 0.0120 e. The van der Waals surface area contributed by atoms with E-state index >= 15 is 0 Å². The highest BCUT2D eigenvalue weighted by molar-refractivity contribution is 4.82. The molecule has 134 valence electrons. The Labute approximate surface area is 140 Å². The van der Waals surface area contributed by atoms with Gasteiger partial charge in [0.25, 0.3) is 0 Å². The lowest BCUT2D eigenvalue weighted by atomic mass is 10.0. The third-order valence-electron chi connectivity index (χ3n) is 4.65. The largest absolute Gasteiger partial charge is 0.313 e. The van der Waals surface area contributed by atoms with E-state index in [0.29, 0.717) is 6.04 Å². The van der Waals surface area contributed by atoms with Crippen LogP contribution >= 0.6 is 0 Å². The Morgan fingerprint density at radius 3 is 2.00 bits per heavy atom. The molecule has 2 aliphatic heterocycles. The number of hydrogen-bond acceptors (Lipinski definition) is 3. The normalized spacial score (nSPS) is 24.5. The van der Waals surface area contributed by atoms with Crippen LogP contribution in [0.5, 0.6) is 0 Å². The molecule has 22 heavy (non-hydrogen) atoms. The average molecular weight is 314 g/mol. The van der Waals surface area contributed by atoms with E-state index in [2.05, 4.69) is 42.9 Å². The number of nitrogens with zero attached hydrogens (tertiary/aromatic N) is 2. The maximum absolute atomic E-state index is 3.57. The van der Waals surface area contributed by atoms with Crippen LogP contribution in [0.4, 0.5) is 0 Å². The van der Waals surface area contributed by atoms with Crippen molar-refractivity contribution in [2.45, 2.75) is 85.2 Å². The van der Waals surface area contributed by atoms with Gasteiger partial charge in [-0.3, -0.25) is 4.90 Å². The summed E-state index contributed by atoms with van der Waals surface area (Å²) in [6.45, 7) is 17.0. The number of rotatable bonds is 3. The van der Waals surface area contributed by atoms with Gasteiger partial charge in [0, 0.05) is 25.2 Å². The highest BCUT2D eigenvalue weighted by Crippen LogP contribution is 2.16. The van der Waals surface area contributed by atoms with Gasteiger partial charge in [0.05, 0.1) is 0 Å². The summed E-state index contributed by atoms with van der Waals surface area (Å²) in [6.07, 6.45) is 8.12. The van der Waals surface area contributed by atoms with Crippen LogP contribution in [0.1, 0.15) is 73.1 Å². The van der Waals surface area contributed by atoms with E-state index in [-0.39, 0.29) is 0 Å². The fourth-order valence-electron chi connectivity index (χ4n) is 3.11. The summed E-state index contributed by atoms with van der Waals surface area (Å²) in [6, 6.07) is 1.56. The summed E-state index contributed by atoms with van der Waals surface area (Å²) in [7, 11) is 2.24. The van der Waals surface area contributed by atoms with Gasteiger partial charge in [-0.25, -0.2) is 0 Å². The second-order valence-corrected chi connectivity index (χ2v) is 6.57. The first-order valence-corrected chi connectivity index (χ1v) is 9.83. The standard InChI is InChI=1S/C12H25N3.C5H12.C2H6/c1-11-3-9-15(10-6-13-11)12-4-7-14(2)8-5-12;1-3-5-4-2;1-2/h11-13H,3-10H2,1-2H3;3-5H2,1-2H3;1-2H3. The molecule has 2 fully saturated rings. The lowest BCUT2D eigenvalue weighted by molar-refractivity contribution is 0.126. The molecule has 2 heterocycles. The topological polar surface area (TPSA) is 18.5 Å². The van der Waals surface area contributed by atoms with Crippen molar-refractivity contribution >= 4 is 0 Å². The molecular weight excluding hydrogens is 270 g/mol. The lowest BCUT2D eigenvalue weighted by Gasteiger charge is -2.36. The van der Waals surface area contributed by atoms with Crippen LogP contribution in [0.25, 0.3) is 0 Å². The van der Waals surface area contributed by atoms with Crippen LogP contribution in [-0.4, -0.2) is 61.7 Å². The second-order valence-electron chi connectivity index (χ2n) is 6.57. The fraction of sp³-hybridized carbons (Fsp3) is 1.00. The monoisotopic (exact) mass is 313 g/mol. The number of piperidine rings is 1.